The molecule has 0 radical (unpaired) electrons. The quantitative estimate of drug-likeness (QED) is 0.247. The number of carbonyl (C=O) groups excluding carboxylic acids is 2. The van der Waals surface area contributed by atoms with Gasteiger partial charge in [-0.1, -0.05) is 29.3 Å². The summed E-state index contributed by atoms with van der Waals surface area (Å²) in [5.74, 6) is 0.428. The van der Waals surface area contributed by atoms with Gasteiger partial charge in [0.25, 0.3) is 11.1 Å². The van der Waals surface area contributed by atoms with Crippen molar-refractivity contribution < 1.29 is 19.1 Å². The van der Waals surface area contributed by atoms with E-state index in [2.05, 4.69) is 45.2 Å². The molecular formula is C20H15Cl2I2NO4S. The van der Waals surface area contributed by atoms with Gasteiger partial charge in [-0.25, -0.2) is 0 Å². The second kappa shape index (κ2) is 10.9. The summed E-state index contributed by atoms with van der Waals surface area (Å²) >= 11 is 17.5. The third-order valence-corrected chi connectivity index (χ3v) is 7.20. The maximum absolute atomic E-state index is 12.5. The van der Waals surface area contributed by atoms with Crippen LogP contribution in [0.15, 0.2) is 35.2 Å². The molecule has 1 aliphatic heterocycles. The third kappa shape index (κ3) is 5.83. The highest BCUT2D eigenvalue weighted by atomic mass is 127. The molecule has 0 bridgehead atoms. The molecule has 2 aromatic rings. The maximum atomic E-state index is 12.5. The van der Waals surface area contributed by atoms with E-state index >= 15 is 0 Å². The fourth-order valence-electron chi connectivity index (χ4n) is 2.62. The van der Waals surface area contributed by atoms with Crippen molar-refractivity contribution in [2.75, 3.05) is 20.3 Å². The number of thioether (sulfide) groups is 1. The van der Waals surface area contributed by atoms with E-state index in [4.69, 9.17) is 32.7 Å². The molecule has 0 atom stereocenters. The molecule has 10 heteroatoms. The fraction of sp³-hybridized carbons (Fsp3) is 0.200. The Bertz CT molecular complexity index is 1010. The number of benzene rings is 2. The van der Waals surface area contributed by atoms with Gasteiger partial charge in [0.1, 0.15) is 12.4 Å². The average molecular weight is 690 g/mol. The second-order valence-electron chi connectivity index (χ2n) is 6.16. The second-order valence-corrected chi connectivity index (χ2v) is 10.3. The molecule has 2 aromatic carbocycles. The molecule has 0 aromatic heterocycles. The number of hydrogen-bond donors (Lipinski definition) is 0. The lowest BCUT2D eigenvalue weighted by Gasteiger charge is -2.13. The number of carbonyl (C=O) groups is 2. The summed E-state index contributed by atoms with van der Waals surface area (Å²) in [6.45, 7) is 0.859. The Balaban J connectivity index is 1.77. The summed E-state index contributed by atoms with van der Waals surface area (Å²) in [6, 6.07) is 9.10. The Labute approximate surface area is 215 Å². The lowest BCUT2D eigenvalue weighted by atomic mass is 10.2. The maximum Gasteiger partial charge on any atom is 0.293 e. The van der Waals surface area contributed by atoms with Crippen LogP contribution in [0.4, 0.5) is 4.79 Å². The van der Waals surface area contributed by atoms with Gasteiger partial charge in [-0.15, -0.1) is 0 Å². The smallest absolute Gasteiger partial charge is 0.293 e. The van der Waals surface area contributed by atoms with Crippen molar-refractivity contribution in [2.45, 2.75) is 6.61 Å². The van der Waals surface area contributed by atoms with Crippen LogP contribution < -0.4 is 4.74 Å². The molecule has 1 fully saturated rings. The number of methoxy groups -OCH3 is 1. The first-order valence-electron chi connectivity index (χ1n) is 8.60. The van der Waals surface area contributed by atoms with Crippen LogP contribution >= 0.6 is 80.1 Å². The Hall–Kier alpha value is -0.530. The average Bonchev–Trinajstić information content (AvgIpc) is 2.93. The first-order valence-corrected chi connectivity index (χ1v) is 12.3. The molecule has 5 nitrogen and oxygen atoms in total. The molecule has 0 spiro atoms. The molecule has 1 aliphatic rings. The van der Waals surface area contributed by atoms with Crippen LogP contribution in [0.2, 0.25) is 10.0 Å². The highest BCUT2D eigenvalue weighted by Crippen LogP contribution is 2.35. The van der Waals surface area contributed by atoms with Crippen molar-refractivity contribution in [3.05, 3.63) is 63.5 Å². The van der Waals surface area contributed by atoms with Crippen LogP contribution in [-0.2, 0) is 16.1 Å². The highest BCUT2D eigenvalue weighted by Gasteiger charge is 2.34. The number of amides is 2. The van der Waals surface area contributed by atoms with Gasteiger partial charge in [-0.2, -0.15) is 0 Å². The molecule has 3 rings (SSSR count). The van der Waals surface area contributed by atoms with Crippen LogP contribution in [-0.4, -0.2) is 36.3 Å². The van der Waals surface area contributed by atoms with E-state index in [0.717, 1.165) is 35.8 Å². The van der Waals surface area contributed by atoms with Crippen molar-refractivity contribution in [2.24, 2.45) is 0 Å². The summed E-state index contributed by atoms with van der Waals surface area (Å²) < 4.78 is 12.7. The van der Waals surface area contributed by atoms with Crippen molar-refractivity contribution in [1.29, 1.82) is 0 Å². The van der Waals surface area contributed by atoms with E-state index in [1.165, 1.54) is 12.0 Å². The molecule has 30 heavy (non-hydrogen) atoms. The molecule has 1 saturated heterocycles. The summed E-state index contributed by atoms with van der Waals surface area (Å²) in [6.07, 6.45) is 1.72. The van der Waals surface area contributed by atoms with E-state index in [9.17, 15) is 9.59 Å². The van der Waals surface area contributed by atoms with Gasteiger partial charge in [0.2, 0.25) is 0 Å². The largest absolute Gasteiger partial charge is 0.487 e. The zero-order valence-electron chi connectivity index (χ0n) is 15.6. The van der Waals surface area contributed by atoms with Crippen molar-refractivity contribution >= 4 is 97.4 Å². The lowest BCUT2D eigenvalue weighted by Crippen LogP contribution is -2.31. The summed E-state index contributed by atoms with van der Waals surface area (Å²) in [5.41, 5.74) is 1.65. The minimum absolute atomic E-state index is 0.244. The Morgan fingerprint density at radius 3 is 2.47 bits per heavy atom. The zero-order chi connectivity index (χ0) is 21.8. The molecule has 158 valence electrons. The van der Waals surface area contributed by atoms with Gasteiger partial charge in [0.05, 0.1) is 25.2 Å². The normalized spacial score (nSPS) is 15.4. The van der Waals surface area contributed by atoms with E-state index in [1.807, 2.05) is 18.2 Å². The Morgan fingerprint density at radius 2 is 1.83 bits per heavy atom. The molecule has 0 N–H and O–H groups in total. The number of imide groups is 1. The van der Waals surface area contributed by atoms with Gasteiger partial charge in [0.15, 0.2) is 0 Å². The number of nitrogens with zero attached hydrogens (tertiary/aromatic N) is 1. The number of halogens is 4. The number of ether oxygens (including phenoxy) is 2. The van der Waals surface area contributed by atoms with Crippen LogP contribution in [0.3, 0.4) is 0 Å². The third-order valence-electron chi connectivity index (χ3n) is 4.10. The summed E-state index contributed by atoms with van der Waals surface area (Å²) in [7, 11) is 1.53. The molecule has 2 amide bonds. The fourth-order valence-corrected chi connectivity index (χ4v) is 6.07. The van der Waals surface area contributed by atoms with Gasteiger partial charge in [-0.3, -0.25) is 14.5 Å². The molecule has 0 saturated carbocycles. The first kappa shape index (κ1) is 24.1. The SMILES string of the molecule is COCCN1C(=O)S/C(=C/c2cc(I)c(OCc3ccc(Cl)cc3Cl)c(I)c2)C1=O. The zero-order valence-corrected chi connectivity index (χ0v) is 22.2. The summed E-state index contributed by atoms with van der Waals surface area (Å²) in [5, 5.41) is 0.838. The van der Waals surface area contributed by atoms with Crippen molar-refractivity contribution in [3.8, 4) is 5.75 Å². The Morgan fingerprint density at radius 1 is 1.13 bits per heavy atom. The monoisotopic (exact) mass is 689 g/mol. The minimum atomic E-state index is -0.301. The molecule has 1 heterocycles. The predicted molar refractivity (Wildman–Crippen MR) is 137 cm³/mol. The molecular weight excluding hydrogens is 675 g/mol. The summed E-state index contributed by atoms with van der Waals surface area (Å²) in [4.78, 5) is 26.2. The van der Waals surface area contributed by atoms with E-state index in [0.29, 0.717) is 28.2 Å². The van der Waals surface area contributed by atoms with Crippen LogP contribution in [0.25, 0.3) is 6.08 Å². The lowest BCUT2D eigenvalue weighted by molar-refractivity contribution is -0.123. The van der Waals surface area contributed by atoms with E-state index in [-0.39, 0.29) is 17.7 Å². The topological polar surface area (TPSA) is 55.8 Å². The molecule has 0 unspecified atom stereocenters. The van der Waals surface area contributed by atoms with Crippen molar-refractivity contribution in [3.63, 3.8) is 0 Å². The van der Waals surface area contributed by atoms with Gasteiger partial charge in [-0.05, 0) is 92.8 Å². The van der Waals surface area contributed by atoms with Crippen LogP contribution in [0.5, 0.6) is 5.75 Å². The highest BCUT2D eigenvalue weighted by molar-refractivity contribution is 14.1. The van der Waals surface area contributed by atoms with Gasteiger partial charge in [0, 0.05) is 22.7 Å². The van der Waals surface area contributed by atoms with Crippen molar-refractivity contribution in [1.82, 2.24) is 4.90 Å². The predicted octanol–water partition coefficient (Wildman–Crippen LogP) is 6.46. The first-order chi connectivity index (χ1) is 14.3. The number of rotatable bonds is 7. The number of hydrogen-bond acceptors (Lipinski definition) is 5. The standard InChI is InChI=1S/C20H15Cl2I2NO4S/c1-28-5-4-25-19(26)17(30-20(25)27)8-11-6-15(23)18(16(24)7-11)29-10-12-2-3-13(21)9-14(12)22/h2-3,6-9H,4-5,10H2,1H3/b17-8+. The van der Waals surface area contributed by atoms with Gasteiger partial charge < -0.3 is 9.47 Å². The van der Waals surface area contributed by atoms with E-state index in [1.54, 1.807) is 18.2 Å². The van der Waals surface area contributed by atoms with Crippen LogP contribution in [0.1, 0.15) is 11.1 Å². The van der Waals surface area contributed by atoms with Crippen LogP contribution in [0, 0.1) is 7.14 Å². The Kier molecular flexibility index (Phi) is 8.73. The minimum Gasteiger partial charge on any atom is -0.487 e. The molecule has 0 aliphatic carbocycles. The van der Waals surface area contributed by atoms with Gasteiger partial charge >= 0.3 is 0 Å². The van der Waals surface area contributed by atoms with E-state index < -0.39 is 0 Å².